The first kappa shape index (κ1) is 24.9. The van der Waals surface area contributed by atoms with E-state index in [1.807, 2.05) is 0 Å². The lowest BCUT2D eigenvalue weighted by Gasteiger charge is -2.29. The van der Waals surface area contributed by atoms with E-state index < -0.39 is 0 Å². The molecular weight excluding hydrogens is 366 g/mol. The van der Waals surface area contributed by atoms with Crippen LogP contribution >= 0.6 is 0 Å². The van der Waals surface area contributed by atoms with Gasteiger partial charge in [0.05, 0.1) is 6.61 Å². The van der Waals surface area contributed by atoms with Gasteiger partial charge in [0.1, 0.15) is 0 Å². The zero-order chi connectivity index (χ0) is 21.8. The summed E-state index contributed by atoms with van der Waals surface area (Å²) in [6.45, 7) is 11.7. The van der Waals surface area contributed by atoms with Gasteiger partial charge in [0.2, 0.25) is 0 Å². The Morgan fingerprint density at radius 3 is 2.60 bits per heavy atom. The highest BCUT2D eigenvalue weighted by Crippen LogP contribution is 2.26. The van der Waals surface area contributed by atoms with Crippen molar-refractivity contribution in [2.45, 2.75) is 85.1 Å². The molecule has 30 heavy (non-hydrogen) atoms. The highest BCUT2D eigenvalue weighted by atomic mass is 16.3. The number of aliphatic hydroxyl groups is 1. The molecule has 2 rings (SSSR count). The number of nitrogens with zero attached hydrogens (tertiary/aromatic N) is 1. The van der Waals surface area contributed by atoms with E-state index >= 15 is 0 Å². The lowest BCUT2D eigenvalue weighted by Crippen LogP contribution is -2.37. The van der Waals surface area contributed by atoms with Crippen LogP contribution < -0.4 is 0 Å². The summed E-state index contributed by atoms with van der Waals surface area (Å²) in [6, 6.07) is 11.3. The second kappa shape index (κ2) is 13.8. The predicted octanol–water partition coefficient (Wildman–Crippen LogP) is 6.80. The van der Waals surface area contributed by atoms with Crippen molar-refractivity contribution in [3.63, 3.8) is 0 Å². The summed E-state index contributed by atoms with van der Waals surface area (Å²) in [6.07, 6.45) is 14.4. The molecule has 1 saturated heterocycles. The monoisotopic (exact) mass is 411 g/mol. The van der Waals surface area contributed by atoms with E-state index in [4.69, 9.17) is 0 Å². The highest BCUT2D eigenvalue weighted by molar-refractivity contribution is 5.15. The Morgan fingerprint density at radius 2 is 1.90 bits per heavy atom. The molecule has 1 fully saturated rings. The SMILES string of the molecule is CC(C)=CCC/C(C)=C/CCC(C)CC(Cc1ccccc1)CN1CCCC1CO. The van der Waals surface area contributed by atoms with Crippen LogP contribution in [0.25, 0.3) is 0 Å². The van der Waals surface area contributed by atoms with Crippen LogP contribution in [0.3, 0.4) is 0 Å². The van der Waals surface area contributed by atoms with Gasteiger partial charge in [0, 0.05) is 12.6 Å². The second-order valence-electron chi connectivity index (χ2n) is 9.82. The van der Waals surface area contributed by atoms with Crippen molar-refractivity contribution in [2.75, 3.05) is 19.7 Å². The Hall–Kier alpha value is -1.38. The van der Waals surface area contributed by atoms with Crippen molar-refractivity contribution in [3.8, 4) is 0 Å². The topological polar surface area (TPSA) is 23.5 Å². The first-order valence-electron chi connectivity index (χ1n) is 12.2. The number of aliphatic hydroxyl groups excluding tert-OH is 1. The van der Waals surface area contributed by atoms with Crippen LogP contribution in [0.5, 0.6) is 0 Å². The van der Waals surface area contributed by atoms with Crippen molar-refractivity contribution < 1.29 is 5.11 Å². The molecule has 1 N–H and O–H groups in total. The molecule has 0 spiro atoms. The largest absolute Gasteiger partial charge is 0.395 e. The van der Waals surface area contributed by atoms with Crippen LogP contribution in [0.15, 0.2) is 53.6 Å². The smallest absolute Gasteiger partial charge is 0.0586 e. The Kier molecular flexibility index (Phi) is 11.5. The highest BCUT2D eigenvalue weighted by Gasteiger charge is 2.26. The molecule has 0 radical (unpaired) electrons. The van der Waals surface area contributed by atoms with Crippen molar-refractivity contribution in [1.82, 2.24) is 4.90 Å². The number of likely N-dealkylation sites (tertiary alicyclic amines) is 1. The molecule has 2 heteroatoms. The molecule has 1 aromatic carbocycles. The van der Waals surface area contributed by atoms with Gasteiger partial charge < -0.3 is 5.11 Å². The van der Waals surface area contributed by atoms with Gasteiger partial charge in [-0.15, -0.1) is 0 Å². The summed E-state index contributed by atoms with van der Waals surface area (Å²) in [5, 5.41) is 9.73. The van der Waals surface area contributed by atoms with E-state index in [0.29, 0.717) is 18.6 Å². The van der Waals surface area contributed by atoms with Gasteiger partial charge in [0.15, 0.2) is 0 Å². The Bertz CT molecular complexity index is 644. The molecule has 1 aliphatic heterocycles. The van der Waals surface area contributed by atoms with Crippen molar-refractivity contribution in [3.05, 3.63) is 59.2 Å². The molecular formula is C28H45NO. The van der Waals surface area contributed by atoms with Gasteiger partial charge >= 0.3 is 0 Å². The average Bonchev–Trinajstić information content (AvgIpc) is 3.15. The molecule has 2 nitrogen and oxygen atoms in total. The summed E-state index contributed by atoms with van der Waals surface area (Å²) >= 11 is 0. The normalized spacial score (nSPS) is 19.6. The molecule has 0 amide bonds. The maximum atomic E-state index is 9.73. The molecule has 0 aromatic heterocycles. The zero-order valence-electron chi connectivity index (χ0n) is 19.9. The minimum Gasteiger partial charge on any atom is -0.395 e. The van der Waals surface area contributed by atoms with E-state index in [-0.39, 0.29) is 0 Å². The lowest BCUT2D eigenvalue weighted by atomic mass is 9.87. The van der Waals surface area contributed by atoms with E-state index in [9.17, 15) is 5.11 Å². The first-order valence-corrected chi connectivity index (χ1v) is 12.2. The third-order valence-corrected chi connectivity index (χ3v) is 6.55. The first-order chi connectivity index (χ1) is 14.5. The minimum atomic E-state index is 0.310. The zero-order valence-corrected chi connectivity index (χ0v) is 19.9. The standard InChI is InChI=1S/C28H45NO/c1-23(2)11-8-12-24(3)13-9-14-25(4)19-27(20-26-15-6-5-7-16-26)21-29-18-10-17-28(29)22-30/h5-7,11,13,15-16,25,27-28,30H,8-10,12,14,17-22H2,1-4H3/b24-13+. The minimum absolute atomic E-state index is 0.310. The Morgan fingerprint density at radius 1 is 1.13 bits per heavy atom. The number of hydrogen-bond acceptors (Lipinski definition) is 2. The van der Waals surface area contributed by atoms with Gasteiger partial charge in [-0.1, -0.05) is 60.6 Å². The molecule has 1 aromatic rings. The van der Waals surface area contributed by atoms with Gasteiger partial charge in [-0.3, -0.25) is 4.90 Å². The molecule has 3 atom stereocenters. The van der Waals surface area contributed by atoms with E-state index in [0.717, 1.165) is 31.8 Å². The number of allylic oxidation sites excluding steroid dienone is 4. The third-order valence-electron chi connectivity index (χ3n) is 6.55. The average molecular weight is 412 g/mol. The number of hydrogen-bond donors (Lipinski definition) is 1. The van der Waals surface area contributed by atoms with Gasteiger partial charge in [-0.25, -0.2) is 0 Å². The van der Waals surface area contributed by atoms with Crippen LogP contribution in [-0.4, -0.2) is 35.7 Å². The molecule has 0 bridgehead atoms. The molecule has 1 aliphatic rings. The molecule has 168 valence electrons. The maximum Gasteiger partial charge on any atom is 0.0586 e. The molecule has 0 saturated carbocycles. The van der Waals surface area contributed by atoms with Crippen LogP contribution in [0.1, 0.15) is 78.2 Å². The van der Waals surface area contributed by atoms with E-state index in [1.54, 1.807) is 0 Å². The molecule has 0 aliphatic carbocycles. The summed E-state index contributed by atoms with van der Waals surface area (Å²) in [7, 11) is 0. The molecule has 1 heterocycles. The summed E-state index contributed by atoms with van der Waals surface area (Å²) in [5.74, 6) is 1.40. The predicted molar refractivity (Wildman–Crippen MR) is 131 cm³/mol. The van der Waals surface area contributed by atoms with Gasteiger partial charge in [-0.05, 0) is 96.1 Å². The quantitative estimate of drug-likeness (QED) is 0.361. The van der Waals surface area contributed by atoms with Crippen LogP contribution in [0.4, 0.5) is 0 Å². The van der Waals surface area contributed by atoms with E-state index in [1.165, 1.54) is 55.2 Å². The lowest BCUT2D eigenvalue weighted by molar-refractivity contribution is 0.135. The fraction of sp³-hybridized carbons (Fsp3) is 0.643. The van der Waals surface area contributed by atoms with Crippen molar-refractivity contribution in [2.24, 2.45) is 11.8 Å². The maximum absolute atomic E-state index is 9.73. The number of rotatable bonds is 13. The Labute approximate surface area is 186 Å². The van der Waals surface area contributed by atoms with E-state index in [2.05, 4.69) is 75.1 Å². The van der Waals surface area contributed by atoms with Crippen LogP contribution in [0, 0.1) is 11.8 Å². The van der Waals surface area contributed by atoms with Gasteiger partial charge in [0.25, 0.3) is 0 Å². The van der Waals surface area contributed by atoms with Crippen molar-refractivity contribution >= 4 is 0 Å². The van der Waals surface area contributed by atoms with Gasteiger partial charge in [-0.2, -0.15) is 0 Å². The van der Waals surface area contributed by atoms with Crippen LogP contribution in [0.2, 0.25) is 0 Å². The summed E-state index contributed by atoms with van der Waals surface area (Å²) < 4.78 is 0. The fourth-order valence-corrected chi connectivity index (χ4v) is 4.84. The molecule has 3 unspecified atom stereocenters. The summed E-state index contributed by atoms with van der Waals surface area (Å²) in [4.78, 5) is 2.55. The fourth-order valence-electron chi connectivity index (χ4n) is 4.84. The third kappa shape index (κ3) is 9.62. The Balaban J connectivity index is 1.86. The van der Waals surface area contributed by atoms with Crippen LogP contribution in [-0.2, 0) is 6.42 Å². The second-order valence-corrected chi connectivity index (χ2v) is 9.82. The van der Waals surface area contributed by atoms with Crippen molar-refractivity contribution in [1.29, 1.82) is 0 Å². The summed E-state index contributed by atoms with van der Waals surface area (Å²) in [5.41, 5.74) is 4.40. The number of benzene rings is 1.